The van der Waals surface area contributed by atoms with Gasteiger partial charge in [-0.05, 0) is 62.7 Å². The lowest BCUT2D eigenvalue weighted by atomic mass is 10.1. The van der Waals surface area contributed by atoms with Crippen LogP contribution in [0.15, 0.2) is 48.5 Å². The molecule has 6 heteroatoms. The van der Waals surface area contributed by atoms with Crippen LogP contribution in [0.4, 0.5) is 10.5 Å². The highest BCUT2D eigenvalue weighted by molar-refractivity contribution is 5.95. The summed E-state index contributed by atoms with van der Waals surface area (Å²) in [5, 5.41) is 5.48. The zero-order valence-corrected chi connectivity index (χ0v) is 15.5. The second kappa shape index (κ2) is 8.38. The first-order valence-electron chi connectivity index (χ1n) is 8.28. The average Bonchev–Trinajstić information content (AvgIpc) is 2.59. The monoisotopic (exact) mass is 356 g/mol. The first-order chi connectivity index (χ1) is 12.3. The van der Waals surface area contributed by atoms with Crippen LogP contribution < -0.4 is 15.4 Å². The number of methoxy groups -OCH3 is 1. The highest BCUT2D eigenvalue weighted by Crippen LogP contribution is 2.14. The Kier molecular flexibility index (Phi) is 6.22. The predicted molar refractivity (Wildman–Crippen MR) is 100 cm³/mol. The highest BCUT2D eigenvalue weighted by atomic mass is 16.6. The van der Waals surface area contributed by atoms with Crippen molar-refractivity contribution in [2.45, 2.75) is 32.9 Å². The zero-order valence-electron chi connectivity index (χ0n) is 15.5. The van der Waals surface area contributed by atoms with Crippen molar-refractivity contribution in [1.29, 1.82) is 0 Å². The maximum absolute atomic E-state index is 12.2. The summed E-state index contributed by atoms with van der Waals surface area (Å²) in [5.41, 5.74) is 1.48. The lowest BCUT2D eigenvalue weighted by Crippen LogP contribution is -2.27. The minimum atomic E-state index is -0.564. The van der Waals surface area contributed by atoms with E-state index in [9.17, 15) is 9.59 Å². The van der Waals surface area contributed by atoms with Gasteiger partial charge in [0.15, 0.2) is 0 Å². The van der Waals surface area contributed by atoms with Crippen LogP contribution in [0.2, 0.25) is 0 Å². The predicted octanol–water partition coefficient (Wildman–Crippen LogP) is 3.97. The Morgan fingerprint density at radius 2 is 1.58 bits per heavy atom. The number of carbonyl (C=O) groups excluding carboxylic acids is 2. The third-order valence-corrected chi connectivity index (χ3v) is 3.40. The van der Waals surface area contributed by atoms with E-state index in [4.69, 9.17) is 9.47 Å². The molecular formula is C20H24N2O4. The number of ether oxygens (including phenoxy) is 2. The Labute approximate surface area is 153 Å². The van der Waals surface area contributed by atoms with Crippen molar-refractivity contribution in [2.24, 2.45) is 0 Å². The molecule has 0 aliphatic carbocycles. The standard InChI is InChI=1S/C20H24N2O4/c1-20(2,3)26-19(24)22-16-9-7-15(8-10-16)18(23)21-13-14-5-11-17(25-4)12-6-14/h5-12H,13H2,1-4H3,(H,21,23)(H,22,24). The van der Waals surface area contributed by atoms with Gasteiger partial charge in [-0.2, -0.15) is 0 Å². The molecule has 6 nitrogen and oxygen atoms in total. The molecule has 0 aromatic heterocycles. The van der Waals surface area contributed by atoms with E-state index in [1.807, 2.05) is 24.3 Å². The fourth-order valence-electron chi connectivity index (χ4n) is 2.15. The molecule has 2 N–H and O–H groups in total. The first-order valence-corrected chi connectivity index (χ1v) is 8.28. The summed E-state index contributed by atoms with van der Waals surface area (Å²) in [6.45, 7) is 5.80. The van der Waals surface area contributed by atoms with Crippen LogP contribution in [0.1, 0.15) is 36.7 Å². The molecule has 0 heterocycles. The van der Waals surface area contributed by atoms with E-state index in [1.54, 1.807) is 52.1 Å². The highest BCUT2D eigenvalue weighted by Gasteiger charge is 2.16. The van der Waals surface area contributed by atoms with Crippen molar-refractivity contribution >= 4 is 17.7 Å². The smallest absolute Gasteiger partial charge is 0.412 e. The van der Waals surface area contributed by atoms with Crippen LogP contribution in [-0.2, 0) is 11.3 Å². The number of carbonyl (C=O) groups is 2. The number of hydrogen-bond acceptors (Lipinski definition) is 4. The summed E-state index contributed by atoms with van der Waals surface area (Å²) in [6.07, 6.45) is -0.533. The Bertz CT molecular complexity index is 747. The topological polar surface area (TPSA) is 76.7 Å². The van der Waals surface area contributed by atoms with Crippen LogP contribution in [0.25, 0.3) is 0 Å². The number of benzene rings is 2. The van der Waals surface area contributed by atoms with Crippen LogP contribution >= 0.6 is 0 Å². The van der Waals surface area contributed by atoms with Crippen molar-refractivity contribution in [2.75, 3.05) is 12.4 Å². The van der Waals surface area contributed by atoms with Gasteiger partial charge in [0.25, 0.3) is 5.91 Å². The third kappa shape index (κ3) is 6.12. The van der Waals surface area contributed by atoms with Crippen molar-refractivity contribution in [3.05, 3.63) is 59.7 Å². The number of anilines is 1. The molecule has 0 bridgehead atoms. The summed E-state index contributed by atoms with van der Waals surface area (Å²) < 4.78 is 10.3. The van der Waals surface area contributed by atoms with Crippen LogP contribution in [0.3, 0.4) is 0 Å². The van der Waals surface area contributed by atoms with Gasteiger partial charge in [-0.15, -0.1) is 0 Å². The second-order valence-electron chi connectivity index (χ2n) is 6.73. The molecule has 0 atom stereocenters. The van der Waals surface area contributed by atoms with Gasteiger partial charge in [-0.1, -0.05) is 12.1 Å². The van der Waals surface area contributed by atoms with Crippen LogP contribution in [-0.4, -0.2) is 24.7 Å². The van der Waals surface area contributed by atoms with Gasteiger partial charge in [-0.3, -0.25) is 10.1 Å². The molecule has 0 aliphatic heterocycles. The molecular weight excluding hydrogens is 332 g/mol. The van der Waals surface area contributed by atoms with E-state index in [1.165, 1.54) is 0 Å². The fourth-order valence-corrected chi connectivity index (χ4v) is 2.15. The molecule has 138 valence electrons. The van der Waals surface area contributed by atoms with Gasteiger partial charge in [0.05, 0.1) is 7.11 Å². The fraction of sp³-hybridized carbons (Fsp3) is 0.300. The first kappa shape index (κ1) is 19.3. The molecule has 2 amide bonds. The Morgan fingerprint density at radius 3 is 2.12 bits per heavy atom. The van der Waals surface area contributed by atoms with Crippen LogP contribution in [0.5, 0.6) is 5.75 Å². The maximum Gasteiger partial charge on any atom is 0.412 e. The van der Waals surface area contributed by atoms with E-state index in [0.717, 1.165) is 11.3 Å². The van der Waals surface area contributed by atoms with Gasteiger partial charge in [0.2, 0.25) is 0 Å². The van der Waals surface area contributed by atoms with E-state index >= 15 is 0 Å². The molecule has 0 unspecified atom stereocenters. The number of hydrogen-bond donors (Lipinski definition) is 2. The van der Waals surface area contributed by atoms with Gasteiger partial charge >= 0.3 is 6.09 Å². The van der Waals surface area contributed by atoms with Crippen molar-refractivity contribution in [1.82, 2.24) is 5.32 Å². The summed E-state index contributed by atoms with van der Waals surface area (Å²) in [4.78, 5) is 23.9. The normalized spacial score (nSPS) is 10.8. The Morgan fingerprint density at radius 1 is 0.962 bits per heavy atom. The minimum Gasteiger partial charge on any atom is -0.497 e. The lowest BCUT2D eigenvalue weighted by molar-refractivity contribution is 0.0635. The number of amides is 2. The van der Waals surface area contributed by atoms with Gasteiger partial charge < -0.3 is 14.8 Å². The van der Waals surface area contributed by atoms with Crippen molar-refractivity contribution in [3.63, 3.8) is 0 Å². The Balaban J connectivity index is 1.88. The van der Waals surface area contributed by atoms with Crippen molar-refractivity contribution in [3.8, 4) is 5.75 Å². The second-order valence-corrected chi connectivity index (χ2v) is 6.73. The summed E-state index contributed by atoms with van der Waals surface area (Å²) in [6, 6.07) is 14.1. The molecule has 0 spiro atoms. The van der Waals surface area contributed by atoms with E-state index < -0.39 is 11.7 Å². The quantitative estimate of drug-likeness (QED) is 0.850. The van der Waals surface area contributed by atoms with Gasteiger partial charge in [0.1, 0.15) is 11.4 Å². The van der Waals surface area contributed by atoms with Gasteiger partial charge in [-0.25, -0.2) is 4.79 Å². The summed E-state index contributed by atoms with van der Waals surface area (Å²) in [7, 11) is 1.61. The molecule has 0 aliphatic rings. The van der Waals surface area contributed by atoms with E-state index in [0.29, 0.717) is 17.8 Å². The Hall–Kier alpha value is -3.02. The average molecular weight is 356 g/mol. The molecule has 2 aromatic carbocycles. The molecule has 2 aromatic rings. The summed E-state index contributed by atoms with van der Waals surface area (Å²) in [5.74, 6) is 0.581. The maximum atomic E-state index is 12.2. The molecule has 0 saturated heterocycles. The van der Waals surface area contributed by atoms with Crippen LogP contribution in [0, 0.1) is 0 Å². The lowest BCUT2D eigenvalue weighted by Gasteiger charge is -2.19. The molecule has 2 rings (SSSR count). The van der Waals surface area contributed by atoms with E-state index in [2.05, 4.69) is 10.6 Å². The van der Waals surface area contributed by atoms with Crippen molar-refractivity contribution < 1.29 is 19.1 Å². The number of nitrogens with one attached hydrogen (secondary N) is 2. The zero-order chi connectivity index (χ0) is 19.2. The molecule has 0 fully saturated rings. The number of rotatable bonds is 5. The molecule has 0 saturated carbocycles. The summed E-state index contributed by atoms with van der Waals surface area (Å²) >= 11 is 0. The third-order valence-electron chi connectivity index (χ3n) is 3.40. The largest absolute Gasteiger partial charge is 0.497 e. The minimum absolute atomic E-state index is 0.190. The molecule has 26 heavy (non-hydrogen) atoms. The van der Waals surface area contributed by atoms with Gasteiger partial charge in [0, 0.05) is 17.8 Å². The van der Waals surface area contributed by atoms with E-state index in [-0.39, 0.29) is 5.91 Å². The SMILES string of the molecule is COc1ccc(CNC(=O)c2ccc(NC(=O)OC(C)(C)C)cc2)cc1. The molecule has 0 radical (unpaired) electrons.